The highest BCUT2D eigenvalue weighted by atomic mass is 16.4. The van der Waals surface area contributed by atoms with E-state index in [9.17, 15) is 14.4 Å². The molecule has 6 heteroatoms. The Hall–Kier alpha value is -1.59. The van der Waals surface area contributed by atoms with Crippen LogP contribution in [0.5, 0.6) is 0 Å². The zero-order chi connectivity index (χ0) is 16.7. The Balaban J connectivity index is 1.77. The summed E-state index contributed by atoms with van der Waals surface area (Å²) >= 11 is 0. The van der Waals surface area contributed by atoms with Gasteiger partial charge in [-0.1, -0.05) is 19.3 Å². The van der Waals surface area contributed by atoms with Crippen molar-refractivity contribution in [2.24, 2.45) is 0 Å². The summed E-state index contributed by atoms with van der Waals surface area (Å²) in [5.74, 6) is -0.755. The van der Waals surface area contributed by atoms with Gasteiger partial charge >= 0.3 is 5.97 Å². The van der Waals surface area contributed by atoms with Gasteiger partial charge in [0.15, 0.2) is 0 Å². The Morgan fingerprint density at radius 3 is 2.52 bits per heavy atom. The molecule has 1 heterocycles. The number of nitrogens with one attached hydrogen (secondary N) is 1. The van der Waals surface area contributed by atoms with Crippen molar-refractivity contribution in [2.75, 3.05) is 13.1 Å². The number of piperidine rings is 1. The fourth-order valence-corrected chi connectivity index (χ4v) is 3.75. The quantitative estimate of drug-likeness (QED) is 0.750. The molecule has 0 aromatic carbocycles. The Morgan fingerprint density at radius 1 is 1.13 bits per heavy atom. The van der Waals surface area contributed by atoms with E-state index in [4.69, 9.17) is 5.11 Å². The minimum atomic E-state index is -0.855. The first kappa shape index (κ1) is 17.8. The number of carboxylic acids is 1. The monoisotopic (exact) mass is 324 g/mol. The molecule has 6 nitrogen and oxygen atoms in total. The van der Waals surface area contributed by atoms with E-state index in [1.54, 1.807) is 0 Å². The van der Waals surface area contributed by atoms with Crippen LogP contribution in [0.15, 0.2) is 0 Å². The van der Waals surface area contributed by atoms with Gasteiger partial charge in [-0.3, -0.25) is 14.4 Å². The first-order chi connectivity index (χ1) is 11.0. The molecular weight excluding hydrogens is 296 g/mol. The summed E-state index contributed by atoms with van der Waals surface area (Å²) in [6.45, 7) is 1.42. The third kappa shape index (κ3) is 5.52. The van der Waals surface area contributed by atoms with Crippen LogP contribution in [0.25, 0.3) is 0 Å². The Labute approximate surface area is 137 Å². The highest BCUT2D eigenvalue weighted by Gasteiger charge is 2.35. The van der Waals surface area contributed by atoms with Crippen LogP contribution in [-0.4, -0.2) is 46.4 Å². The predicted octanol–water partition coefficient (Wildman–Crippen LogP) is 2.07. The molecule has 0 bridgehead atoms. The van der Waals surface area contributed by atoms with Crippen molar-refractivity contribution in [3.8, 4) is 0 Å². The van der Waals surface area contributed by atoms with Crippen LogP contribution in [0.4, 0.5) is 0 Å². The van der Waals surface area contributed by atoms with E-state index in [0.29, 0.717) is 25.8 Å². The second-order valence-electron chi connectivity index (χ2n) is 6.90. The van der Waals surface area contributed by atoms with Gasteiger partial charge in [0.05, 0.1) is 12.0 Å². The zero-order valence-electron chi connectivity index (χ0n) is 13.8. The van der Waals surface area contributed by atoms with Crippen molar-refractivity contribution in [3.05, 3.63) is 0 Å². The molecule has 2 N–H and O–H groups in total. The minimum absolute atomic E-state index is 0.00332. The van der Waals surface area contributed by atoms with Crippen molar-refractivity contribution < 1.29 is 19.5 Å². The highest BCUT2D eigenvalue weighted by Crippen LogP contribution is 2.31. The first-order valence-electron chi connectivity index (χ1n) is 8.81. The van der Waals surface area contributed by atoms with Gasteiger partial charge in [0.1, 0.15) is 0 Å². The van der Waals surface area contributed by atoms with Gasteiger partial charge in [0.2, 0.25) is 11.8 Å². The van der Waals surface area contributed by atoms with Gasteiger partial charge in [-0.25, -0.2) is 0 Å². The summed E-state index contributed by atoms with van der Waals surface area (Å²) in [5.41, 5.74) is -0.567. The lowest BCUT2D eigenvalue weighted by atomic mass is 9.79. The molecule has 2 rings (SSSR count). The first-order valence-corrected chi connectivity index (χ1v) is 8.81. The number of hydrogen-bond acceptors (Lipinski definition) is 3. The number of carbonyl (C=O) groups is 3. The molecule has 2 fully saturated rings. The van der Waals surface area contributed by atoms with Gasteiger partial charge in [-0.2, -0.15) is 0 Å². The lowest BCUT2D eigenvalue weighted by molar-refractivity contribution is -0.140. The maximum Gasteiger partial charge on any atom is 0.305 e. The lowest BCUT2D eigenvalue weighted by Gasteiger charge is -2.37. The number of nitrogens with zero attached hydrogens (tertiary/aromatic N) is 1. The molecule has 2 amide bonds. The molecule has 0 spiro atoms. The molecular formula is C17H28N2O4. The second-order valence-corrected chi connectivity index (χ2v) is 6.90. The van der Waals surface area contributed by atoms with Crippen LogP contribution in [0.3, 0.4) is 0 Å². The molecule has 23 heavy (non-hydrogen) atoms. The normalized spacial score (nSPS) is 21.0. The molecule has 130 valence electrons. The van der Waals surface area contributed by atoms with Crippen LogP contribution >= 0.6 is 0 Å². The number of carboxylic acid groups (broad SMARTS) is 1. The fraction of sp³-hybridized carbons (Fsp3) is 0.824. The molecule has 0 atom stereocenters. The fourth-order valence-electron chi connectivity index (χ4n) is 3.75. The summed E-state index contributed by atoms with van der Waals surface area (Å²) in [5, 5.41) is 12.1. The molecule has 2 aliphatic rings. The van der Waals surface area contributed by atoms with Crippen LogP contribution in [0, 0.1) is 0 Å². The molecule has 0 aromatic rings. The summed E-state index contributed by atoms with van der Waals surface area (Å²) in [6, 6.07) is 0. The summed E-state index contributed by atoms with van der Waals surface area (Å²) in [7, 11) is 0. The van der Waals surface area contributed by atoms with Gasteiger partial charge in [-0.15, -0.1) is 0 Å². The lowest BCUT2D eigenvalue weighted by Crippen LogP contribution is -2.51. The molecule has 0 unspecified atom stereocenters. The Morgan fingerprint density at radius 2 is 1.87 bits per heavy atom. The third-order valence-electron chi connectivity index (χ3n) is 4.96. The topological polar surface area (TPSA) is 86.7 Å². The van der Waals surface area contributed by atoms with Crippen molar-refractivity contribution in [1.29, 1.82) is 0 Å². The Kier molecular flexibility index (Phi) is 6.42. The molecule has 0 radical (unpaired) electrons. The number of aliphatic carboxylic acids is 1. The van der Waals surface area contributed by atoms with Crippen LogP contribution in [-0.2, 0) is 14.4 Å². The van der Waals surface area contributed by atoms with Gasteiger partial charge in [0, 0.05) is 25.9 Å². The molecule has 1 aliphatic heterocycles. The molecule has 1 saturated carbocycles. The second kappa shape index (κ2) is 8.31. The standard InChI is InChI=1S/C17H28N2O4/c20-14(7-6-12-19-11-5-2-8-15(19)21)18-17(13-16(22)23)9-3-1-4-10-17/h1-13H2,(H,18,20)(H,22,23). The van der Waals surface area contributed by atoms with Crippen LogP contribution < -0.4 is 5.32 Å². The van der Waals surface area contributed by atoms with Gasteiger partial charge in [0.25, 0.3) is 0 Å². The van der Waals surface area contributed by atoms with E-state index in [1.807, 2.05) is 4.90 Å². The number of likely N-dealkylation sites (tertiary alicyclic amines) is 1. The minimum Gasteiger partial charge on any atom is -0.481 e. The van der Waals surface area contributed by atoms with Crippen molar-refractivity contribution >= 4 is 17.8 Å². The van der Waals surface area contributed by atoms with Crippen molar-refractivity contribution in [2.45, 2.75) is 76.2 Å². The van der Waals surface area contributed by atoms with E-state index in [1.165, 1.54) is 0 Å². The number of hydrogen-bond donors (Lipinski definition) is 2. The molecule has 1 aliphatic carbocycles. The largest absolute Gasteiger partial charge is 0.481 e. The van der Waals surface area contributed by atoms with Crippen molar-refractivity contribution in [1.82, 2.24) is 10.2 Å². The van der Waals surface area contributed by atoms with Crippen molar-refractivity contribution in [3.63, 3.8) is 0 Å². The molecule has 0 aromatic heterocycles. The van der Waals surface area contributed by atoms with E-state index >= 15 is 0 Å². The van der Waals surface area contributed by atoms with Crippen LogP contribution in [0.2, 0.25) is 0 Å². The third-order valence-corrected chi connectivity index (χ3v) is 4.96. The SMILES string of the molecule is O=C(O)CC1(NC(=O)CCCN2CCCCC2=O)CCCCC1. The summed E-state index contributed by atoms with van der Waals surface area (Å²) in [4.78, 5) is 36.9. The van der Waals surface area contributed by atoms with E-state index in [-0.39, 0.29) is 18.2 Å². The molecule has 1 saturated heterocycles. The average Bonchev–Trinajstić information content (AvgIpc) is 2.49. The maximum atomic E-state index is 12.2. The zero-order valence-corrected chi connectivity index (χ0v) is 13.8. The Bertz CT molecular complexity index is 444. The highest BCUT2D eigenvalue weighted by molar-refractivity contribution is 5.79. The van der Waals surface area contributed by atoms with Gasteiger partial charge < -0.3 is 15.3 Å². The number of rotatable bonds is 7. The van der Waals surface area contributed by atoms with Crippen LogP contribution in [0.1, 0.15) is 70.6 Å². The average molecular weight is 324 g/mol. The van der Waals surface area contributed by atoms with Gasteiger partial charge in [-0.05, 0) is 32.1 Å². The van der Waals surface area contributed by atoms with E-state index < -0.39 is 11.5 Å². The summed E-state index contributed by atoms with van der Waals surface area (Å²) < 4.78 is 0. The summed E-state index contributed by atoms with van der Waals surface area (Å²) in [6.07, 6.45) is 8.15. The predicted molar refractivity (Wildman–Crippen MR) is 85.9 cm³/mol. The van der Waals surface area contributed by atoms with E-state index in [2.05, 4.69) is 5.32 Å². The number of amides is 2. The number of carbonyl (C=O) groups excluding carboxylic acids is 2. The van der Waals surface area contributed by atoms with E-state index in [0.717, 1.165) is 51.5 Å². The maximum absolute atomic E-state index is 12.2. The smallest absolute Gasteiger partial charge is 0.305 e.